The molecule has 3 rings (SSSR count). The van der Waals surface area contributed by atoms with E-state index in [1.165, 1.54) is 25.1 Å². The van der Waals surface area contributed by atoms with E-state index in [4.69, 9.17) is 9.47 Å². The Morgan fingerprint density at radius 1 is 1.14 bits per heavy atom. The highest BCUT2D eigenvalue weighted by atomic mass is 16.6. The first-order valence-electron chi connectivity index (χ1n) is 11.5. The van der Waals surface area contributed by atoms with Gasteiger partial charge in [-0.3, -0.25) is 14.9 Å². The largest absolute Gasteiger partial charge is 0.466 e. The fraction of sp³-hybridized carbons (Fsp3) is 0.385. The number of benzene rings is 2. The molecule has 0 radical (unpaired) electrons. The van der Waals surface area contributed by atoms with Gasteiger partial charge in [0.2, 0.25) is 0 Å². The maximum atomic E-state index is 13.3. The Morgan fingerprint density at radius 2 is 1.80 bits per heavy atom. The highest BCUT2D eigenvalue weighted by Crippen LogP contribution is 2.48. The molecule has 0 heterocycles. The zero-order chi connectivity index (χ0) is 25.8. The highest BCUT2D eigenvalue weighted by Gasteiger charge is 2.52. The molecule has 0 saturated heterocycles. The van der Waals surface area contributed by atoms with Crippen molar-refractivity contribution in [1.29, 1.82) is 0 Å². The first-order valence-corrected chi connectivity index (χ1v) is 11.5. The molecule has 0 fully saturated rings. The molecule has 2 aromatic carbocycles. The summed E-state index contributed by atoms with van der Waals surface area (Å²) in [6.45, 7) is 6.90. The van der Waals surface area contributed by atoms with Crippen molar-refractivity contribution in [3.63, 3.8) is 0 Å². The summed E-state index contributed by atoms with van der Waals surface area (Å²) in [5.74, 6) is -3.63. The van der Waals surface area contributed by atoms with Crippen molar-refractivity contribution in [2.75, 3.05) is 18.5 Å². The molecule has 3 atom stereocenters. The third-order valence-corrected chi connectivity index (χ3v) is 6.00. The number of hydrogen-bond donors (Lipinski definition) is 2. The maximum Gasteiger partial charge on any atom is 0.336 e. The van der Waals surface area contributed by atoms with Crippen LogP contribution in [-0.2, 0) is 19.1 Å². The normalized spacial score (nSPS) is 21.9. The van der Waals surface area contributed by atoms with E-state index in [2.05, 4.69) is 5.32 Å². The number of hydrogen-bond acceptors (Lipinski definition) is 8. The molecule has 2 aromatic rings. The Labute approximate surface area is 203 Å². The van der Waals surface area contributed by atoms with E-state index in [0.717, 1.165) is 5.56 Å². The summed E-state index contributed by atoms with van der Waals surface area (Å²) < 4.78 is 10.6. The number of non-ortho nitro benzene ring substituents is 1. The van der Waals surface area contributed by atoms with E-state index in [-0.39, 0.29) is 30.9 Å². The van der Waals surface area contributed by atoms with Crippen LogP contribution in [-0.4, -0.2) is 40.8 Å². The highest BCUT2D eigenvalue weighted by molar-refractivity contribution is 5.94. The zero-order valence-corrected chi connectivity index (χ0v) is 20.2. The molecular formula is C26H30N2O7. The van der Waals surface area contributed by atoms with Gasteiger partial charge in [0.15, 0.2) is 0 Å². The molecule has 0 spiro atoms. The quantitative estimate of drug-likeness (QED) is 0.325. The number of nitro benzene ring substituents is 1. The van der Waals surface area contributed by atoms with E-state index in [9.17, 15) is 24.8 Å². The standard InChI is InChI=1S/C26H30N2O7/c1-5-34-24(29)22-20(27-18-12-10-16(3)11-13-18)15-26(4,31)23(25(30)35-6-2)21(22)17-8-7-9-19(14-17)28(32)33/h7-14,21,23,27,31H,5-6,15H2,1-4H3/t21-,23-,26+/m1/s1. The minimum Gasteiger partial charge on any atom is -0.466 e. The predicted molar refractivity (Wildman–Crippen MR) is 130 cm³/mol. The number of carbonyl (C=O) groups is 2. The summed E-state index contributed by atoms with van der Waals surface area (Å²) in [7, 11) is 0. The second-order valence-electron chi connectivity index (χ2n) is 8.70. The average Bonchev–Trinajstić information content (AvgIpc) is 2.79. The van der Waals surface area contributed by atoms with Crippen molar-refractivity contribution < 1.29 is 29.1 Å². The minimum absolute atomic E-state index is 0.0655. The second-order valence-corrected chi connectivity index (χ2v) is 8.70. The fourth-order valence-corrected chi connectivity index (χ4v) is 4.47. The summed E-state index contributed by atoms with van der Waals surface area (Å²) in [6.07, 6.45) is -0.0655. The van der Waals surface area contributed by atoms with Crippen molar-refractivity contribution in [1.82, 2.24) is 0 Å². The van der Waals surface area contributed by atoms with Crippen LogP contribution in [0.3, 0.4) is 0 Å². The molecule has 1 aliphatic rings. The van der Waals surface area contributed by atoms with Gasteiger partial charge in [0, 0.05) is 35.9 Å². The van der Waals surface area contributed by atoms with Gasteiger partial charge < -0.3 is 19.9 Å². The molecule has 9 heteroatoms. The number of nitrogens with one attached hydrogen (secondary N) is 1. The molecule has 186 valence electrons. The number of rotatable bonds is 8. The molecule has 0 saturated carbocycles. The van der Waals surface area contributed by atoms with Crippen molar-refractivity contribution >= 4 is 23.3 Å². The van der Waals surface area contributed by atoms with E-state index >= 15 is 0 Å². The van der Waals surface area contributed by atoms with Crippen LogP contribution in [0.1, 0.15) is 44.2 Å². The topological polar surface area (TPSA) is 128 Å². The third kappa shape index (κ3) is 5.68. The van der Waals surface area contributed by atoms with Crippen molar-refractivity contribution in [2.24, 2.45) is 5.92 Å². The van der Waals surface area contributed by atoms with Gasteiger partial charge in [0.25, 0.3) is 5.69 Å². The smallest absolute Gasteiger partial charge is 0.336 e. The van der Waals surface area contributed by atoms with Gasteiger partial charge in [0.1, 0.15) is 0 Å². The van der Waals surface area contributed by atoms with E-state index < -0.39 is 34.3 Å². The summed E-state index contributed by atoms with van der Waals surface area (Å²) in [4.78, 5) is 37.4. The van der Waals surface area contributed by atoms with E-state index in [0.29, 0.717) is 16.9 Å². The van der Waals surface area contributed by atoms with Crippen LogP contribution in [0.2, 0.25) is 0 Å². The van der Waals surface area contributed by atoms with Gasteiger partial charge in [-0.1, -0.05) is 29.8 Å². The first-order chi connectivity index (χ1) is 16.6. The Kier molecular flexibility index (Phi) is 7.91. The number of aryl methyl sites for hydroxylation is 1. The lowest BCUT2D eigenvalue weighted by atomic mass is 9.65. The number of aliphatic hydroxyl groups is 1. The number of nitro groups is 1. The number of nitrogens with zero attached hydrogens (tertiary/aromatic N) is 1. The van der Waals surface area contributed by atoms with Crippen LogP contribution in [0.25, 0.3) is 0 Å². The van der Waals surface area contributed by atoms with Gasteiger partial charge in [0.05, 0.1) is 35.2 Å². The molecule has 0 aliphatic heterocycles. The molecule has 2 N–H and O–H groups in total. The van der Waals surface area contributed by atoms with Gasteiger partial charge in [-0.25, -0.2) is 4.79 Å². The van der Waals surface area contributed by atoms with Crippen LogP contribution in [0, 0.1) is 23.0 Å². The van der Waals surface area contributed by atoms with Crippen LogP contribution >= 0.6 is 0 Å². The average molecular weight is 483 g/mol. The fourth-order valence-electron chi connectivity index (χ4n) is 4.47. The third-order valence-electron chi connectivity index (χ3n) is 6.00. The molecule has 35 heavy (non-hydrogen) atoms. The van der Waals surface area contributed by atoms with Crippen molar-refractivity contribution in [3.8, 4) is 0 Å². The van der Waals surface area contributed by atoms with Crippen molar-refractivity contribution in [2.45, 2.75) is 45.6 Å². The minimum atomic E-state index is -1.63. The molecule has 0 aromatic heterocycles. The number of carbonyl (C=O) groups excluding carboxylic acids is 2. The SMILES string of the molecule is CCOC(=O)C1=C(Nc2ccc(C)cc2)C[C@](C)(O)[C@@H](C(=O)OCC)[C@@H]1c1cccc([N+](=O)[O-])c1. The summed E-state index contributed by atoms with van der Waals surface area (Å²) in [5, 5.41) is 26.2. The maximum absolute atomic E-state index is 13.3. The number of anilines is 1. The first kappa shape index (κ1) is 25.9. The Balaban J connectivity index is 2.28. The van der Waals surface area contributed by atoms with Gasteiger partial charge in [-0.05, 0) is 45.4 Å². The number of ether oxygens (including phenoxy) is 2. The Morgan fingerprint density at radius 3 is 2.40 bits per heavy atom. The zero-order valence-electron chi connectivity index (χ0n) is 20.2. The lowest BCUT2D eigenvalue weighted by molar-refractivity contribution is -0.384. The van der Waals surface area contributed by atoms with Crippen LogP contribution in [0.5, 0.6) is 0 Å². The van der Waals surface area contributed by atoms with Crippen LogP contribution in [0.15, 0.2) is 59.8 Å². The lowest BCUT2D eigenvalue weighted by Crippen LogP contribution is -2.49. The van der Waals surface area contributed by atoms with Gasteiger partial charge in [-0.2, -0.15) is 0 Å². The molecule has 0 bridgehead atoms. The molecular weight excluding hydrogens is 452 g/mol. The lowest BCUT2D eigenvalue weighted by Gasteiger charge is -2.43. The van der Waals surface area contributed by atoms with Gasteiger partial charge in [-0.15, -0.1) is 0 Å². The Hall–Kier alpha value is -3.72. The second kappa shape index (κ2) is 10.7. The molecule has 9 nitrogen and oxygen atoms in total. The van der Waals surface area contributed by atoms with E-state index in [1.807, 2.05) is 31.2 Å². The predicted octanol–water partition coefficient (Wildman–Crippen LogP) is 4.25. The molecule has 1 aliphatic carbocycles. The van der Waals surface area contributed by atoms with Gasteiger partial charge >= 0.3 is 11.9 Å². The number of esters is 2. The summed E-state index contributed by atoms with van der Waals surface area (Å²) in [5.41, 5.74) is 0.699. The Bertz CT molecular complexity index is 1140. The molecule has 0 amide bonds. The summed E-state index contributed by atoms with van der Waals surface area (Å²) >= 11 is 0. The van der Waals surface area contributed by atoms with Crippen LogP contribution < -0.4 is 5.32 Å². The summed E-state index contributed by atoms with van der Waals surface area (Å²) in [6, 6.07) is 13.2. The van der Waals surface area contributed by atoms with E-state index in [1.54, 1.807) is 19.9 Å². The molecule has 0 unspecified atom stereocenters. The van der Waals surface area contributed by atoms with Crippen molar-refractivity contribution in [3.05, 3.63) is 81.0 Å². The van der Waals surface area contributed by atoms with Crippen LogP contribution in [0.4, 0.5) is 11.4 Å². The monoisotopic (exact) mass is 482 g/mol.